The highest BCUT2D eigenvalue weighted by atomic mass is 16.5. The van der Waals surface area contributed by atoms with E-state index < -0.39 is 0 Å². The zero-order valence-electron chi connectivity index (χ0n) is 17.7. The first-order valence-electron chi connectivity index (χ1n) is 9.71. The average Bonchev–Trinajstić information content (AvgIpc) is 2.75. The van der Waals surface area contributed by atoms with E-state index in [-0.39, 0.29) is 5.91 Å². The van der Waals surface area contributed by atoms with Gasteiger partial charge in [0.1, 0.15) is 5.75 Å². The Hall–Kier alpha value is -3.67. The fourth-order valence-electron chi connectivity index (χ4n) is 2.87. The van der Waals surface area contributed by atoms with E-state index >= 15 is 0 Å². The van der Waals surface area contributed by atoms with Gasteiger partial charge in [-0.25, -0.2) is 4.99 Å². The van der Waals surface area contributed by atoms with E-state index in [1.807, 2.05) is 69.3 Å². The predicted octanol–water partition coefficient (Wildman–Crippen LogP) is 4.41. The molecule has 30 heavy (non-hydrogen) atoms. The summed E-state index contributed by atoms with van der Waals surface area (Å²) in [5.74, 6) is 0.747. The zero-order chi connectivity index (χ0) is 21.5. The lowest BCUT2D eigenvalue weighted by Crippen LogP contribution is -2.36. The number of guanidine groups is 1. The SMILES string of the molecule is COc1ccc(C)cc1NC(=NCc1ccccn1)NC(=O)c1ccc(C)c(C)c1. The number of rotatable bonds is 5. The fourth-order valence-corrected chi connectivity index (χ4v) is 2.87. The zero-order valence-corrected chi connectivity index (χ0v) is 17.7. The molecular formula is C24H26N4O2. The van der Waals surface area contributed by atoms with Crippen molar-refractivity contribution >= 4 is 17.6 Å². The van der Waals surface area contributed by atoms with Crippen molar-refractivity contribution < 1.29 is 9.53 Å². The molecule has 0 saturated carbocycles. The number of aliphatic imine (C=N–C) groups is 1. The number of carbonyl (C=O) groups excluding carboxylic acids is 1. The van der Waals surface area contributed by atoms with Crippen LogP contribution in [-0.2, 0) is 6.54 Å². The molecule has 0 atom stereocenters. The van der Waals surface area contributed by atoms with Crippen LogP contribution in [0.25, 0.3) is 0 Å². The third kappa shape index (κ3) is 5.44. The van der Waals surface area contributed by atoms with Crippen LogP contribution in [0.4, 0.5) is 5.69 Å². The molecule has 0 spiro atoms. The Morgan fingerprint density at radius 3 is 2.57 bits per heavy atom. The minimum atomic E-state index is -0.239. The number of carbonyl (C=O) groups is 1. The van der Waals surface area contributed by atoms with E-state index in [2.05, 4.69) is 20.6 Å². The van der Waals surface area contributed by atoms with Crippen LogP contribution in [0.5, 0.6) is 5.75 Å². The van der Waals surface area contributed by atoms with Crippen molar-refractivity contribution in [3.05, 3.63) is 88.7 Å². The lowest BCUT2D eigenvalue weighted by molar-refractivity contribution is 0.0976. The first-order chi connectivity index (χ1) is 14.5. The average molecular weight is 402 g/mol. The van der Waals surface area contributed by atoms with Gasteiger partial charge in [-0.3, -0.25) is 15.1 Å². The number of aromatic nitrogens is 1. The van der Waals surface area contributed by atoms with Crippen molar-refractivity contribution in [2.24, 2.45) is 4.99 Å². The fraction of sp³-hybridized carbons (Fsp3) is 0.208. The molecule has 0 unspecified atom stereocenters. The Balaban J connectivity index is 1.88. The number of ether oxygens (including phenoxy) is 1. The molecule has 0 aliphatic rings. The quantitative estimate of drug-likeness (QED) is 0.489. The molecule has 2 N–H and O–H groups in total. The van der Waals surface area contributed by atoms with Crippen LogP contribution in [0.15, 0.2) is 65.8 Å². The molecule has 1 amide bonds. The second kappa shape index (κ2) is 9.69. The van der Waals surface area contributed by atoms with E-state index in [1.54, 1.807) is 19.4 Å². The van der Waals surface area contributed by atoms with Crippen LogP contribution in [0.3, 0.4) is 0 Å². The van der Waals surface area contributed by atoms with Crippen molar-refractivity contribution in [3.8, 4) is 5.75 Å². The predicted molar refractivity (Wildman–Crippen MR) is 120 cm³/mol. The molecular weight excluding hydrogens is 376 g/mol. The molecule has 6 nitrogen and oxygen atoms in total. The Kier molecular flexibility index (Phi) is 6.80. The second-order valence-electron chi connectivity index (χ2n) is 7.07. The first kappa shape index (κ1) is 21.0. The summed E-state index contributed by atoms with van der Waals surface area (Å²) in [5, 5.41) is 6.09. The van der Waals surface area contributed by atoms with Gasteiger partial charge in [-0.05, 0) is 73.9 Å². The highest BCUT2D eigenvalue weighted by Gasteiger charge is 2.12. The number of aryl methyl sites for hydroxylation is 3. The van der Waals surface area contributed by atoms with Crippen LogP contribution in [0, 0.1) is 20.8 Å². The molecule has 0 aliphatic carbocycles. The topological polar surface area (TPSA) is 75.6 Å². The number of benzene rings is 2. The summed E-state index contributed by atoms with van der Waals surface area (Å²) in [6, 6.07) is 17.0. The van der Waals surface area contributed by atoms with E-state index in [9.17, 15) is 4.79 Å². The van der Waals surface area contributed by atoms with Gasteiger partial charge in [-0.1, -0.05) is 18.2 Å². The second-order valence-corrected chi connectivity index (χ2v) is 7.07. The summed E-state index contributed by atoms with van der Waals surface area (Å²) in [4.78, 5) is 21.7. The van der Waals surface area contributed by atoms with Gasteiger partial charge < -0.3 is 10.1 Å². The number of hydrogen-bond acceptors (Lipinski definition) is 4. The molecule has 1 heterocycles. The highest BCUT2D eigenvalue weighted by molar-refractivity contribution is 6.10. The molecule has 0 saturated heterocycles. The Bertz CT molecular complexity index is 1060. The number of pyridine rings is 1. The lowest BCUT2D eigenvalue weighted by atomic mass is 10.1. The van der Waals surface area contributed by atoms with E-state index in [1.165, 1.54) is 0 Å². The van der Waals surface area contributed by atoms with Crippen LogP contribution in [0.1, 0.15) is 32.7 Å². The van der Waals surface area contributed by atoms with Crippen LogP contribution in [0.2, 0.25) is 0 Å². The summed E-state index contributed by atoms with van der Waals surface area (Å²) in [5.41, 5.74) is 5.34. The Morgan fingerprint density at radius 2 is 1.87 bits per heavy atom. The van der Waals surface area contributed by atoms with Crippen LogP contribution in [-0.4, -0.2) is 24.0 Å². The van der Waals surface area contributed by atoms with Gasteiger partial charge in [0.25, 0.3) is 5.91 Å². The van der Waals surface area contributed by atoms with E-state index in [4.69, 9.17) is 4.74 Å². The van der Waals surface area contributed by atoms with Crippen molar-refractivity contribution in [2.45, 2.75) is 27.3 Å². The molecule has 1 aromatic heterocycles. The largest absolute Gasteiger partial charge is 0.495 e. The molecule has 0 bridgehead atoms. The van der Waals surface area contributed by atoms with E-state index in [0.29, 0.717) is 23.8 Å². The number of nitrogens with zero attached hydrogens (tertiary/aromatic N) is 2. The summed E-state index contributed by atoms with van der Waals surface area (Å²) >= 11 is 0. The molecule has 0 aliphatic heterocycles. The summed E-state index contributed by atoms with van der Waals surface area (Å²) in [6.07, 6.45) is 1.72. The van der Waals surface area contributed by atoms with Gasteiger partial charge in [0, 0.05) is 11.8 Å². The summed E-state index contributed by atoms with van der Waals surface area (Å²) in [7, 11) is 1.61. The maximum absolute atomic E-state index is 12.9. The van der Waals surface area contributed by atoms with Gasteiger partial charge in [0.05, 0.1) is 25.0 Å². The minimum Gasteiger partial charge on any atom is -0.495 e. The minimum absolute atomic E-state index is 0.239. The van der Waals surface area contributed by atoms with Crippen molar-refractivity contribution in [3.63, 3.8) is 0 Å². The van der Waals surface area contributed by atoms with Gasteiger partial charge in [0.15, 0.2) is 0 Å². The van der Waals surface area contributed by atoms with Gasteiger partial charge in [-0.2, -0.15) is 0 Å². The molecule has 2 aromatic carbocycles. The molecule has 154 valence electrons. The summed E-state index contributed by atoms with van der Waals surface area (Å²) < 4.78 is 5.44. The lowest BCUT2D eigenvalue weighted by Gasteiger charge is -2.15. The van der Waals surface area contributed by atoms with Crippen molar-refractivity contribution in [1.29, 1.82) is 0 Å². The standard InChI is InChI=1S/C24H26N4O2/c1-16-8-11-22(30-4)21(13-16)27-24(26-15-20-7-5-6-12-25-20)28-23(29)19-10-9-17(2)18(3)14-19/h5-14H,15H2,1-4H3,(H2,26,27,28,29). The molecule has 3 aromatic rings. The van der Waals surface area contributed by atoms with Gasteiger partial charge >= 0.3 is 0 Å². The molecule has 0 fully saturated rings. The Labute approximate surface area is 177 Å². The maximum atomic E-state index is 12.9. The third-order valence-corrected chi connectivity index (χ3v) is 4.73. The molecule has 0 radical (unpaired) electrons. The number of nitrogens with one attached hydrogen (secondary N) is 2. The molecule has 6 heteroatoms. The number of methoxy groups -OCH3 is 1. The summed E-state index contributed by atoms with van der Waals surface area (Å²) in [6.45, 7) is 6.31. The Morgan fingerprint density at radius 1 is 1.03 bits per heavy atom. The smallest absolute Gasteiger partial charge is 0.257 e. The highest BCUT2D eigenvalue weighted by Crippen LogP contribution is 2.25. The number of hydrogen-bond donors (Lipinski definition) is 2. The van der Waals surface area contributed by atoms with Crippen molar-refractivity contribution in [2.75, 3.05) is 12.4 Å². The number of amides is 1. The van der Waals surface area contributed by atoms with Gasteiger partial charge in [0.2, 0.25) is 5.96 Å². The van der Waals surface area contributed by atoms with Gasteiger partial charge in [-0.15, -0.1) is 0 Å². The van der Waals surface area contributed by atoms with Crippen molar-refractivity contribution in [1.82, 2.24) is 10.3 Å². The third-order valence-electron chi connectivity index (χ3n) is 4.73. The first-order valence-corrected chi connectivity index (χ1v) is 9.71. The number of anilines is 1. The molecule has 3 rings (SSSR count). The van der Waals surface area contributed by atoms with Crippen LogP contribution >= 0.6 is 0 Å². The maximum Gasteiger partial charge on any atom is 0.257 e. The van der Waals surface area contributed by atoms with E-state index in [0.717, 1.165) is 28.1 Å². The van der Waals surface area contributed by atoms with Crippen LogP contribution < -0.4 is 15.4 Å². The normalized spacial score (nSPS) is 11.1. The monoisotopic (exact) mass is 402 g/mol.